The van der Waals surface area contributed by atoms with E-state index in [1.807, 2.05) is 0 Å². The maximum atomic E-state index is 12.2. The standard InChI is InChI=1S/C13H25NO2S/c14-13(11-6-2-1-3-7-11)10-17(15,16)12-8-4-5-9-12/h11-13H,1-10,14H2. The van der Waals surface area contributed by atoms with Crippen molar-refractivity contribution >= 4 is 9.84 Å². The van der Waals surface area contributed by atoms with Crippen LogP contribution < -0.4 is 5.73 Å². The van der Waals surface area contributed by atoms with Gasteiger partial charge in [-0.15, -0.1) is 0 Å². The van der Waals surface area contributed by atoms with Crippen molar-refractivity contribution in [3.8, 4) is 0 Å². The molecule has 0 aliphatic heterocycles. The van der Waals surface area contributed by atoms with Crippen LogP contribution in [0.3, 0.4) is 0 Å². The van der Waals surface area contributed by atoms with Gasteiger partial charge in [0.15, 0.2) is 9.84 Å². The molecule has 2 N–H and O–H groups in total. The van der Waals surface area contributed by atoms with Crippen LogP contribution in [0.5, 0.6) is 0 Å². The highest BCUT2D eigenvalue weighted by molar-refractivity contribution is 7.92. The van der Waals surface area contributed by atoms with Gasteiger partial charge in [0.2, 0.25) is 0 Å². The fourth-order valence-electron chi connectivity index (χ4n) is 3.35. The molecule has 1 atom stereocenters. The summed E-state index contributed by atoms with van der Waals surface area (Å²) in [6.07, 6.45) is 9.86. The third kappa shape index (κ3) is 3.44. The van der Waals surface area contributed by atoms with Crippen molar-refractivity contribution in [1.82, 2.24) is 0 Å². The van der Waals surface area contributed by atoms with E-state index in [9.17, 15) is 8.42 Å². The monoisotopic (exact) mass is 259 g/mol. The average Bonchev–Trinajstić information content (AvgIpc) is 2.84. The zero-order chi connectivity index (χ0) is 12.3. The van der Waals surface area contributed by atoms with E-state index >= 15 is 0 Å². The molecule has 0 aromatic heterocycles. The first kappa shape index (κ1) is 13.3. The van der Waals surface area contributed by atoms with Crippen LogP contribution in [0.4, 0.5) is 0 Å². The second-order valence-electron chi connectivity index (χ2n) is 5.80. The van der Waals surface area contributed by atoms with Gasteiger partial charge >= 0.3 is 0 Å². The number of rotatable bonds is 4. The summed E-state index contributed by atoms with van der Waals surface area (Å²) in [6.45, 7) is 0. The number of sulfone groups is 1. The lowest BCUT2D eigenvalue weighted by atomic mass is 9.85. The molecule has 2 aliphatic rings. The van der Waals surface area contributed by atoms with Gasteiger partial charge in [0, 0.05) is 6.04 Å². The van der Waals surface area contributed by atoms with Crippen molar-refractivity contribution in [2.75, 3.05) is 5.75 Å². The predicted molar refractivity (Wildman–Crippen MR) is 70.6 cm³/mol. The molecule has 0 radical (unpaired) electrons. The zero-order valence-electron chi connectivity index (χ0n) is 10.6. The maximum absolute atomic E-state index is 12.2. The van der Waals surface area contributed by atoms with Crippen LogP contribution in [0, 0.1) is 5.92 Å². The topological polar surface area (TPSA) is 60.2 Å². The van der Waals surface area contributed by atoms with Gasteiger partial charge in [0.05, 0.1) is 11.0 Å². The molecule has 4 heteroatoms. The molecular weight excluding hydrogens is 234 g/mol. The normalized spacial score (nSPS) is 26.2. The van der Waals surface area contributed by atoms with E-state index < -0.39 is 9.84 Å². The van der Waals surface area contributed by atoms with Gasteiger partial charge in [-0.05, 0) is 31.6 Å². The molecule has 0 amide bonds. The van der Waals surface area contributed by atoms with Crippen LogP contribution in [0.15, 0.2) is 0 Å². The molecular formula is C13H25NO2S. The third-order valence-corrected chi connectivity index (χ3v) is 6.83. The van der Waals surface area contributed by atoms with Crippen LogP contribution in [0.1, 0.15) is 57.8 Å². The molecule has 0 aromatic carbocycles. The van der Waals surface area contributed by atoms with Gasteiger partial charge in [0.1, 0.15) is 0 Å². The Hall–Kier alpha value is -0.0900. The predicted octanol–water partition coefficient (Wildman–Crippen LogP) is 2.25. The lowest BCUT2D eigenvalue weighted by Crippen LogP contribution is -2.40. The van der Waals surface area contributed by atoms with E-state index in [-0.39, 0.29) is 17.0 Å². The van der Waals surface area contributed by atoms with Crippen molar-refractivity contribution in [2.45, 2.75) is 69.1 Å². The highest BCUT2D eigenvalue weighted by Gasteiger charge is 2.32. The fourth-order valence-corrected chi connectivity index (χ4v) is 5.48. The Kier molecular flexibility index (Phi) is 4.47. The average molecular weight is 259 g/mol. The molecule has 0 bridgehead atoms. The van der Waals surface area contributed by atoms with E-state index in [4.69, 9.17) is 5.73 Å². The summed E-state index contributed by atoms with van der Waals surface area (Å²) in [5.41, 5.74) is 6.12. The Balaban J connectivity index is 1.90. The molecule has 1 unspecified atom stereocenters. The number of nitrogens with two attached hydrogens (primary N) is 1. The SMILES string of the molecule is NC(CS(=O)(=O)C1CCCC1)C1CCCCC1. The summed E-state index contributed by atoms with van der Waals surface area (Å²) in [4.78, 5) is 0. The van der Waals surface area contributed by atoms with E-state index in [0.29, 0.717) is 5.92 Å². The van der Waals surface area contributed by atoms with Crippen molar-refractivity contribution in [1.29, 1.82) is 0 Å². The molecule has 0 spiro atoms. The van der Waals surface area contributed by atoms with Crippen molar-refractivity contribution < 1.29 is 8.42 Å². The summed E-state index contributed by atoms with van der Waals surface area (Å²) >= 11 is 0. The quantitative estimate of drug-likeness (QED) is 0.842. The summed E-state index contributed by atoms with van der Waals surface area (Å²) in [5, 5.41) is -0.0860. The summed E-state index contributed by atoms with van der Waals surface area (Å²) in [5.74, 6) is 0.669. The number of hydrogen-bond acceptors (Lipinski definition) is 3. The molecule has 0 aromatic rings. The van der Waals surface area contributed by atoms with E-state index in [0.717, 1.165) is 38.5 Å². The Morgan fingerprint density at radius 3 is 2.06 bits per heavy atom. The van der Waals surface area contributed by atoms with Crippen LogP contribution in [-0.4, -0.2) is 25.5 Å². The molecule has 100 valence electrons. The molecule has 0 saturated heterocycles. The van der Waals surface area contributed by atoms with Crippen molar-refractivity contribution in [2.24, 2.45) is 11.7 Å². The minimum Gasteiger partial charge on any atom is -0.327 e. The Bertz CT molecular complexity index is 327. The first-order valence-corrected chi connectivity index (χ1v) is 8.78. The van der Waals surface area contributed by atoms with Gasteiger partial charge in [-0.25, -0.2) is 8.42 Å². The lowest BCUT2D eigenvalue weighted by molar-refractivity contribution is 0.317. The summed E-state index contributed by atoms with van der Waals surface area (Å²) in [7, 11) is -2.93. The first-order chi connectivity index (χ1) is 8.09. The van der Waals surface area contributed by atoms with Crippen LogP contribution in [0.25, 0.3) is 0 Å². The Morgan fingerprint density at radius 1 is 0.941 bits per heavy atom. The molecule has 2 rings (SSSR count). The first-order valence-electron chi connectivity index (χ1n) is 7.07. The largest absolute Gasteiger partial charge is 0.327 e. The van der Waals surface area contributed by atoms with E-state index in [2.05, 4.69) is 0 Å². The molecule has 3 nitrogen and oxygen atoms in total. The highest BCUT2D eigenvalue weighted by Crippen LogP contribution is 2.29. The van der Waals surface area contributed by atoms with Gasteiger partial charge < -0.3 is 5.73 Å². The summed E-state index contributed by atoms with van der Waals surface area (Å²) in [6, 6.07) is -0.124. The van der Waals surface area contributed by atoms with Crippen LogP contribution >= 0.6 is 0 Å². The molecule has 2 saturated carbocycles. The van der Waals surface area contributed by atoms with Crippen LogP contribution in [-0.2, 0) is 9.84 Å². The third-order valence-electron chi connectivity index (χ3n) is 4.49. The van der Waals surface area contributed by atoms with Crippen molar-refractivity contribution in [3.05, 3.63) is 0 Å². The van der Waals surface area contributed by atoms with Gasteiger partial charge in [-0.2, -0.15) is 0 Å². The van der Waals surface area contributed by atoms with E-state index in [1.54, 1.807) is 0 Å². The smallest absolute Gasteiger partial charge is 0.154 e. The molecule has 17 heavy (non-hydrogen) atoms. The highest BCUT2D eigenvalue weighted by atomic mass is 32.2. The zero-order valence-corrected chi connectivity index (χ0v) is 11.4. The van der Waals surface area contributed by atoms with E-state index in [1.165, 1.54) is 19.3 Å². The van der Waals surface area contributed by atoms with Gasteiger partial charge in [-0.3, -0.25) is 0 Å². The molecule has 2 aliphatic carbocycles. The maximum Gasteiger partial charge on any atom is 0.154 e. The number of hydrogen-bond donors (Lipinski definition) is 1. The summed E-state index contributed by atoms with van der Waals surface area (Å²) < 4.78 is 24.4. The van der Waals surface area contributed by atoms with Gasteiger partial charge in [0.25, 0.3) is 0 Å². The second-order valence-corrected chi connectivity index (χ2v) is 8.12. The molecule has 0 heterocycles. The second kappa shape index (κ2) is 5.70. The molecule has 2 fully saturated rings. The Morgan fingerprint density at radius 2 is 1.47 bits per heavy atom. The Labute approximate surface area is 105 Å². The lowest BCUT2D eigenvalue weighted by Gasteiger charge is -2.28. The minimum atomic E-state index is -2.93. The van der Waals surface area contributed by atoms with Crippen LogP contribution in [0.2, 0.25) is 0 Å². The fraction of sp³-hybridized carbons (Fsp3) is 1.00. The van der Waals surface area contributed by atoms with Crippen molar-refractivity contribution in [3.63, 3.8) is 0 Å². The van der Waals surface area contributed by atoms with Gasteiger partial charge in [-0.1, -0.05) is 32.1 Å². The minimum absolute atomic E-state index is 0.0860.